The molecule has 0 saturated heterocycles. The zero-order valence-corrected chi connectivity index (χ0v) is 15.2. The van der Waals surface area contributed by atoms with Crippen molar-refractivity contribution in [3.8, 4) is 11.5 Å². The number of nitrogens with one attached hydrogen (secondary N) is 1. The third kappa shape index (κ3) is 3.45. The Morgan fingerprint density at radius 1 is 0.923 bits per heavy atom. The van der Waals surface area contributed by atoms with Gasteiger partial charge in [0.2, 0.25) is 0 Å². The Balaban J connectivity index is 2.10. The van der Waals surface area contributed by atoms with Crippen LogP contribution in [0.25, 0.3) is 10.8 Å². The van der Waals surface area contributed by atoms with E-state index in [1.165, 1.54) is 12.1 Å². The summed E-state index contributed by atoms with van der Waals surface area (Å²) < 4.78 is 27.8. The van der Waals surface area contributed by atoms with Gasteiger partial charge in [0, 0.05) is 15.8 Å². The molecule has 26 heavy (non-hydrogen) atoms. The first-order chi connectivity index (χ1) is 12.2. The van der Waals surface area contributed by atoms with Gasteiger partial charge in [0.25, 0.3) is 0 Å². The lowest BCUT2D eigenvalue weighted by Gasteiger charge is -2.07. The van der Waals surface area contributed by atoms with Crippen LogP contribution in [0, 0.1) is 4.78 Å². The van der Waals surface area contributed by atoms with Gasteiger partial charge in [0.05, 0.1) is 9.92 Å². The predicted molar refractivity (Wildman–Crippen MR) is 99.7 cm³/mol. The third-order valence-corrected chi connectivity index (χ3v) is 5.10. The second kappa shape index (κ2) is 6.73. The first kappa shape index (κ1) is 18.4. The summed E-state index contributed by atoms with van der Waals surface area (Å²) in [5.41, 5.74) is -0.0738. The molecule has 1 atom stereocenters. The van der Waals surface area contributed by atoms with Crippen molar-refractivity contribution in [3.63, 3.8) is 0 Å². The van der Waals surface area contributed by atoms with Crippen molar-refractivity contribution in [2.75, 3.05) is 0 Å². The minimum Gasteiger partial charge on any atom is -0.506 e. The first-order valence-corrected chi connectivity index (χ1v) is 9.31. The van der Waals surface area contributed by atoms with Crippen molar-refractivity contribution in [3.05, 3.63) is 52.5 Å². The number of phenolic OH excluding ortho intramolecular Hbond substituents is 2. The van der Waals surface area contributed by atoms with Crippen LogP contribution < -0.4 is 0 Å². The van der Waals surface area contributed by atoms with Crippen LogP contribution in [0.4, 0.5) is 11.4 Å². The normalized spacial score (nSPS) is 14.0. The molecular formula is C16H11Cl2N3O4S. The Kier molecular flexibility index (Phi) is 4.76. The topological polar surface area (TPSA) is 126 Å². The van der Waals surface area contributed by atoms with E-state index < -0.39 is 10.0 Å². The van der Waals surface area contributed by atoms with Gasteiger partial charge >= 0.3 is 0 Å². The molecule has 0 aliphatic rings. The predicted octanol–water partition coefficient (Wildman–Crippen LogP) is 5.85. The lowest BCUT2D eigenvalue weighted by Crippen LogP contribution is -1.94. The fourth-order valence-electron chi connectivity index (χ4n) is 2.28. The largest absolute Gasteiger partial charge is 0.506 e. The van der Waals surface area contributed by atoms with Crippen molar-refractivity contribution >= 4 is 55.4 Å². The summed E-state index contributed by atoms with van der Waals surface area (Å²) in [4.78, 5) is -0.234. The lowest BCUT2D eigenvalue weighted by atomic mass is 10.1. The molecule has 0 bridgehead atoms. The summed E-state index contributed by atoms with van der Waals surface area (Å²) >= 11 is 12.2. The highest BCUT2D eigenvalue weighted by atomic mass is 35.5. The van der Waals surface area contributed by atoms with E-state index in [2.05, 4.69) is 10.2 Å². The molecule has 0 fully saturated rings. The number of phenols is 2. The van der Waals surface area contributed by atoms with Gasteiger partial charge < -0.3 is 10.2 Å². The van der Waals surface area contributed by atoms with E-state index in [-0.39, 0.29) is 32.8 Å². The molecule has 0 spiro atoms. The molecule has 0 radical (unpaired) electrons. The monoisotopic (exact) mass is 411 g/mol. The third-order valence-electron chi connectivity index (χ3n) is 3.56. The number of rotatable bonds is 3. The lowest BCUT2D eigenvalue weighted by molar-refractivity contribution is 0.475. The van der Waals surface area contributed by atoms with Gasteiger partial charge in [-0.2, -0.15) is 0 Å². The second-order valence-electron chi connectivity index (χ2n) is 5.26. The fraction of sp³-hybridized carbons (Fsp3) is 0. The van der Waals surface area contributed by atoms with Crippen molar-refractivity contribution in [1.82, 2.24) is 0 Å². The Morgan fingerprint density at radius 2 is 1.58 bits per heavy atom. The Labute approximate surface area is 158 Å². The van der Waals surface area contributed by atoms with E-state index in [9.17, 15) is 19.0 Å². The minimum absolute atomic E-state index is 0.0575. The standard InChI is InChI=1S/C16H11Cl2N3O4S/c17-10-3-4-11(18)15-9(10)2-5-12(16(15)23)20-21-13-7-8(26(19,24)25)1-6-14(13)22/h1-7,22-23H,(H2,19,24,25). The van der Waals surface area contributed by atoms with Gasteiger partial charge in [0.15, 0.2) is 15.8 Å². The Hall–Kier alpha value is -2.39. The maximum Gasteiger partial charge on any atom is 0.188 e. The summed E-state index contributed by atoms with van der Waals surface area (Å²) in [5.74, 6) is -0.552. The molecule has 3 aromatic rings. The van der Waals surface area contributed by atoms with Crippen LogP contribution in [0.1, 0.15) is 0 Å². The summed E-state index contributed by atoms with van der Waals surface area (Å²) in [6.45, 7) is 0. The van der Waals surface area contributed by atoms with E-state index in [0.717, 1.165) is 18.2 Å². The fourth-order valence-corrected chi connectivity index (χ4v) is 3.28. The zero-order valence-electron chi connectivity index (χ0n) is 12.8. The number of hydrogen-bond donors (Lipinski definition) is 4. The highest BCUT2D eigenvalue weighted by Gasteiger charge is 2.13. The van der Waals surface area contributed by atoms with E-state index in [0.29, 0.717) is 15.8 Å². The molecule has 0 aliphatic carbocycles. The number of benzene rings is 3. The summed E-state index contributed by atoms with van der Waals surface area (Å²) in [7, 11) is -3.97. The van der Waals surface area contributed by atoms with Gasteiger partial charge in [-0.25, -0.2) is 8.99 Å². The smallest absolute Gasteiger partial charge is 0.188 e. The van der Waals surface area contributed by atoms with Crippen LogP contribution in [0.5, 0.6) is 11.5 Å². The van der Waals surface area contributed by atoms with Gasteiger partial charge in [0.1, 0.15) is 17.1 Å². The van der Waals surface area contributed by atoms with E-state index in [1.54, 1.807) is 12.1 Å². The molecule has 134 valence electrons. The van der Waals surface area contributed by atoms with Gasteiger partial charge in [-0.3, -0.25) is 4.55 Å². The molecule has 1 unspecified atom stereocenters. The van der Waals surface area contributed by atoms with E-state index in [1.807, 2.05) is 0 Å². The van der Waals surface area contributed by atoms with Crippen molar-refractivity contribution in [1.29, 1.82) is 4.78 Å². The molecule has 4 N–H and O–H groups in total. The Bertz CT molecular complexity index is 1160. The number of halogens is 2. The number of nitrogens with zero attached hydrogens (tertiary/aromatic N) is 2. The summed E-state index contributed by atoms with van der Waals surface area (Å²) in [5, 5.41) is 29.4. The molecule has 10 heteroatoms. The average Bonchev–Trinajstić information content (AvgIpc) is 2.57. The molecular weight excluding hydrogens is 401 g/mol. The van der Waals surface area contributed by atoms with Crippen LogP contribution in [0.3, 0.4) is 0 Å². The van der Waals surface area contributed by atoms with Crippen molar-refractivity contribution in [2.24, 2.45) is 10.2 Å². The molecule has 7 nitrogen and oxygen atoms in total. The number of aromatic hydroxyl groups is 2. The molecule has 0 heterocycles. The summed E-state index contributed by atoms with van der Waals surface area (Å²) in [6.07, 6.45) is 0. The first-order valence-electron chi connectivity index (χ1n) is 7.04. The maximum atomic E-state index is 11.4. The van der Waals surface area contributed by atoms with Crippen molar-refractivity contribution in [2.45, 2.75) is 4.90 Å². The highest BCUT2D eigenvalue weighted by molar-refractivity contribution is 7.86. The van der Waals surface area contributed by atoms with Crippen LogP contribution in [-0.4, -0.2) is 19.0 Å². The zero-order chi connectivity index (χ0) is 19.1. The van der Waals surface area contributed by atoms with E-state index >= 15 is 0 Å². The molecule has 0 aliphatic heterocycles. The Morgan fingerprint density at radius 3 is 2.27 bits per heavy atom. The maximum absolute atomic E-state index is 11.4. The van der Waals surface area contributed by atoms with E-state index in [4.69, 9.17) is 28.0 Å². The molecule has 0 saturated carbocycles. The number of fused-ring (bicyclic) bond motifs is 1. The molecule has 0 aromatic heterocycles. The molecule has 3 aromatic carbocycles. The molecule has 3 rings (SSSR count). The van der Waals surface area contributed by atoms with Crippen molar-refractivity contribution < 1.29 is 19.0 Å². The molecule has 0 amide bonds. The highest BCUT2D eigenvalue weighted by Crippen LogP contribution is 2.42. The minimum atomic E-state index is -3.97. The second-order valence-corrected chi connectivity index (χ2v) is 7.60. The number of hydrogen-bond acceptors (Lipinski definition) is 6. The van der Waals surface area contributed by atoms with Gasteiger partial charge in [-0.05, 0) is 36.4 Å². The average molecular weight is 412 g/mol. The van der Waals surface area contributed by atoms with Gasteiger partial charge in [-0.15, -0.1) is 10.2 Å². The quantitative estimate of drug-likeness (QED) is 0.402. The van der Waals surface area contributed by atoms with Crippen LogP contribution in [0.15, 0.2) is 57.6 Å². The number of azo groups is 1. The van der Waals surface area contributed by atoms with Gasteiger partial charge in [-0.1, -0.05) is 29.3 Å². The van der Waals surface area contributed by atoms with Crippen LogP contribution in [0.2, 0.25) is 10.0 Å². The van der Waals surface area contributed by atoms with Crippen LogP contribution >= 0.6 is 23.2 Å². The summed E-state index contributed by atoms with van der Waals surface area (Å²) in [6, 6.07) is 9.54. The SMILES string of the molecule is N=S(=O)(O)c1ccc(O)c(N=Nc2ccc3c(Cl)ccc(Cl)c3c2O)c1. The van der Waals surface area contributed by atoms with Crippen LogP contribution in [-0.2, 0) is 10.0 Å².